The maximum Gasteiger partial charge on any atom is 0.344 e. The molecule has 190 valence electrons. The van der Waals surface area contributed by atoms with Crippen molar-refractivity contribution in [3.8, 4) is 5.75 Å². The van der Waals surface area contributed by atoms with Crippen molar-refractivity contribution in [2.24, 2.45) is 0 Å². The molecule has 0 radical (unpaired) electrons. The van der Waals surface area contributed by atoms with Gasteiger partial charge < -0.3 is 9.47 Å². The summed E-state index contributed by atoms with van der Waals surface area (Å²) in [6, 6.07) is 11.8. The number of sulfonamides is 1. The molecule has 3 rings (SSSR count). The van der Waals surface area contributed by atoms with Crippen molar-refractivity contribution in [2.45, 2.75) is 50.1 Å². The molecule has 0 aliphatic rings. The van der Waals surface area contributed by atoms with E-state index in [1.54, 1.807) is 23.0 Å². The predicted octanol–water partition coefficient (Wildman–Crippen LogP) is 5.96. The zero-order valence-electron chi connectivity index (χ0n) is 20.9. The Morgan fingerprint density at radius 1 is 1.06 bits per heavy atom. The van der Waals surface area contributed by atoms with E-state index in [0.717, 1.165) is 38.1 Å². The molecule has 0 aliphatic heterocycles. The fourth-order valence-electron chi connectivity index (χ4n) is 3.76. The summed E-state index contributed by atoms with van der Waals surface area (Å²) in [5.41, 5.74) is 2.86. The fourth-order valence-corrected chi connectivity index (χ4v) is 8.26. The third kappa shape index (κ3) is 6.78. The van der Waals surface area contributed by atoms with E-state index in [1.165, 1.54) is 11.3 Å². The summed E-state index contributed by atoms with van der Waals surface area (Å²) in [6.45, 7) is 10.7. The molecule has 0 spiro atoms. The summed E-state index contributed by atoms with van der Waals surface area (Å²) in [6.07, 6.45) is 0.749. The van der Waals surface area contributed by atoms with Gasteiger partial charge in [0.15, 0.2) is 6.61 Å². The molecule has 0 saturated heterocycles. The highest BCUT2D eigenvalue weighted by Crippen LogP contribution is 2.36. The summed E-state index contributed by atoms with van der Waals surface area (Å²) in [5, 5.41) is 1.01. The van der Waals surface area contributed by atoms with Gasteiger partial charge >= 0.3 is 5.97 Å². The zero-order valence-corrected chi connectivity index (χ0v) is 23.4. The van der Waals surface area contributed by atoms with E-state index < -0.39 is 16.0 Å². The Hall–Kier alpha value is -2.07. The van der Waals surface area contributed by atoms with Crippen LogP contribution in [0.3, 0.4) is 0 Å². The number of esters is 1. The van der Waals surface area contributed by atoms with Crippen LogP contribution < -0.4 is 4.74 Å². The Kier molecular flexibility index (Phi) is 9.63. The van der Waals surface area contributed by atoms with Gasteiger partial charge in [0.05, 0.1) is 6.61 Å². The minimum Gasteiger partial charge on any atom is -0.482 e. The van der Waals surface area contributed by atoms with Gasteiger partial charge in [-0.15, -0.1) is 23.1 Å². The van der Waals surface area contributed by atoms with Crippen LogP contribution >= 0.6 is 23.1 Å². The number of nitrogens with zero attached hydrogens (tertiary/aromatic N) is 1. The third-order valence-electron chi connectivity index (χ3n) is 5.50. The molecule has 9 heteroatoms. The minimum atomic E-state index is -3.58. The maximum atomic E-state index is 13.6. The molecule has 3 aromatic rings. The SMILES string of the molecule is CCCN(CCSc1ccc(OCC(=O)OCC)c(C)c1)S(=O)(=O)c1sc2ccc(C)cc2c1C. The quantitative estimate of drug-likeness (QED) is 0.210. The molecule has 2 aromatic carbocycles. The minimum absolute atomic E-state index is 0.123. The molecule has 0 atom stereocenters. The first-order valence-electron chi connectivity index (χ1n) is 11.7. The van der Waals surface area contributed by atoms with Gasteiger partial charge in [0.25, 0.3) is 10.0 Å². The van der Waals surface area contributed by atoms with Crippen molar-refractivity contribution < 1.29 is 22.7 Å². The van der Waals surface area contributed by atoms with Crippen LogP contribution in [0.1, 0.15) is 37.0 Å². The van der Waals surface area contributed by atoms with Crippen LogP contribution in [0.4, 0.5) is 0 Å². The second-order valence-corrected chi connectivity index (χ2v) is 12.6. The molecule has 0 bridgehead atoms. The van der Waals surface area contributed by atoms with Crippen LogP contribution in [-0.4, -0.2) is 50.7 Å². The smallest absolute Gasteiger partial charge is 0.344 e. The number of hydrogen-bond donors (Lipinski definition) is 0. The molecule has 1 aromatic heterocycles. The Balaban J connectivity index is 1.68. The largest absolute Gasteiger partial charge is 0.482 e. The van der Waals surface area contributed by atoms with E-state index in [1.807, 2.05) is 58.0 Å². The van der Waals surface area contributed by atoms with Crippen molar-refractivity contribution in [3.63, 3.8) is 0 Å². The van der Waals surface area contributed by atoms with Gasteiger partial charge in [0, 0.05) is 28.4 Å². The van der Waals surface area contributed by atoms with Gasteiger partial charge in [-0.25, -0.2) is 13.2 Å². The monoisotopic (exact) mass is 535 g/mol. The van der Waals surface area contributed by atoms with E-state index in [9.17, 15) is 13.2 Å². The van der Waals surface area contributed by atoms with Crippen molar-refractivity contribution in [1.82, 2.24) is 4.31 Å². The number of fused-ring (bicyclic) bond motifs is 1. The number of carbonyl (C=O) groups is 1. The van der Waals surface area contributed by atoms with E-state index in [2.05, 4.69) is 6.07 Å². The molecular weight excluding hydrogens is 502 g/mol. The van der Waals surface area contributed by atoms with Crippen LogP contribution in [-0.2, 0) is 19.6 Å². The Labute approximate surface area is 216 Å². The van der Waals surface area contributed by atoms with Gasteiger partial charge in [-0.1, -0.05) is 24.6 Å². The number of rotatable bonds is 12. The highest BCUT2D eigenvalue weighted by Gasteiger charge is 2.28. The van der Waals surface area contributed by atoms with Crippen molar-refractivity contribution >= 4 is 49.2 Å². The zero-order chi connectivity index (χ0) is 25.6. The van der Waals surface area contributed by atoms with Gasteiger partial charge in [-0.2, -0.15) is 4.31 Å². The standard InChI is InChI=1S/C26H33NO5S3/c1-6-12-27(35(29,30)26-20(5)22-15-18(3)8-11-24(22)34-26)13-14-33-21-9-10-23(19(4)16-21)32-17-25(28)31-7-2/h8-11,15-16H,6-7,12-14,17H2,1-5H3. The summed E-state index contributed by atoms with van der Waals surface area (Å²) in [7, 11) is -3.58. The molecule has 0 amide bonds. The Morgan fingerprint density at radius 2 is 1.83 bits per heavy atom. The normalized spacial score (nSPS) is 11.8. The second kappa shape index (κ2) is 12.3. The van der Waals surface area contributed by atoms with E-state index in [4.69, 9.17) is 9.47 Å². The van der Waals surface area contributed by atoms with E-state index in [0.29, 0.717) is 35.4 Å². The average Bonchev–Trinajstić information content (AvgIpc) is 3.14. The number of ether oxygens (including phenoxy) is 2. The molecule has 35 heavy (non-hydrogen) atoms. The lowest BCUT2D eigenvalue weighted by atomic mass is 10.1. The molecule has 0 aliphatic carbocycles. The molecule has 0 unspecified atom stereocenters. The van der Waals surface area contributed by atoms with Crippen LogP contribution in [0.2, 0.25) is 0 Å². The lowest BCUT2D eigenvalue weighted by molar-refractivity contribution is -0.145. The fraction of sp³-hybridized carbons (Fsp3) is 0.423. The molecule has 6 nitrogen and oxygen atoms in total. The van der Waals surface area contributed by atoms with Gasteiger partial charge in [-0.05, 0) is 74.9 Å². The summed E-state index contributed by atoms with van der Waals surface area (Å²) < 4.78 is 40.7. The van der Waals surface area contributed by atoms with Gasteiger partial charge in [0.1, 0.15) is 9.96 Å². The first kappa shape index (κ1) is 27.5. The summed E-state index contributed by atoms with van der Waals surface area (Å²) in [5.74, 6) is 0.865. The predicted molar refractivity (Wildman–Crippen MR) is 144 cm³/mol. The number of benzene rings is 2. The van der Waals surface area contributed by atoms with Crippen LogP contribution in [0.15, 0.2) is 45.5 Å². The molecule has 1 heterocycles. The van der Waals surface area contributed by atoms with Crippen LogP contribution in [0.25, 0.3) is 10.1 Å². The second-order valence-electron chi connectivity index (χ2n) is 8.29. The first-order chi connectivity index (χ1) is 16.7. The lowest BCUT2D eigenvalue weighted by Crippen LogP contribution is -2.33. The highest BCUT2D eigenvalue weighted by atomic mass is 32.2. The average molecular weight is 536 g/mol. The summed E-state index contributed by atoms with van der Waals surface area (Å²) >= 11 is 2.96. The molecule has 0 N–H and O–H groups in total. The van der Waals surface area contributed by atoms with Gasteiger partial charge in [-0.3, -0.25) is 0 Å². The van der Waals surface area contributed by atoms with Crippen molar-refractivity contribution in [1.29, 1.82) is 0 Å². The number of hydrogen-bond acceptors (Lipinski definition) is 7. The number of thiophene rings is 1. The number of carbonyl (C=O) groups excluding carboxylic acids is 1. The molecule has 0 fully saturated rings. The Bertz CT molecular complexity index is 1280. The molecular formula is C26H33NO5S3. The number of aryl methyl sites for hydroxylation is 3. The first-order valence-corrected chi connectivity index (χ1v) is 14.9. The Morgan fingerprint density at radius 3 is 2.51 bits per heavy atom. The topological polar surface area (TPSA) is 72.9 Å². The number of thioether (sulfide) groups is 1. The maximum absolute atomic E-state index is 13.6. The summed E-state index contributed by atoms with van der Waals surface area (Å²) in [4.78, 5) is 12.5. The van der Waals surface area contributed by atoms with Gasteiger partial charge in [0.2, 0.25) is 0 Å². The van der Waals surface area contributed by atoms with Crippen molar-refractivity contribution in [3.05, 3.63) is 53.1 Å². The van der Waals surface area contributed by atoms with E-state index >= 15 is 0 Å². The molecule has 0 saturated carbocycles. The highest BCUT2D eigenvalue weighted by molar-refractivity contribution is 7.99. The third-order valence-corrected chi connectivity index (χ3v) is 10.2. The van der Waals surface area contributed by atoms with Crippen LogP contribution in [0, 0.1) is 20.8 Å². The van der Waals surface area contributed by atoms with E-state index in [-0.39, 0.29) is 6.61 Å². The lowest BCUT2D eigenvalue weighted by Gasteiger charge is -2.21. The van der Waals surface area contributed by atoms with Crippen molar-refractivity contribution in [2.75, 3.05) is 32.1 Å². The van der Waals surface area contributed by atoms with Crippen LogP contribution in [0.5, 0.6) is 5.75 Å².